The summed E-state index contributed by atoms with van der Waals surface area (Å²) in [4.78, 5) is 30.1. The van der Waals surface area contributed by atoms with E-state index in [0.29, 0.717) is 24.4 Å². The third kappa shape index (κ3) is 6.58. The van der Waals surface area contributed by atoms with Crippen molar-refractivity contribution in [2.75, 3.05) is 19.6 Å². The van der Waals surface area contributed by atoms with Crippen LogP contribution in [0.15, 0.2) is 77.4 Å². The van der Waals surface area contributed by atoms with Crippen LogP contribution in [0.25, 0.3) is 0 Å². The number of piperidine rings is 1. The fourth-order valence-corrected chi connectivity index (χ4v) is 4.45. The summed E-state index contributed by atoms with van der Waals surface area (Å²) in [5.74, 6) is 0.475. The van der Waals surface area contributed by atoms with Gasteiger partial charge in [0.15, 0.2) is 0 Å². The minimum atomic E-state index is -0.114. The molecule has 178 valence electrons. The topological polar surface area (TPSA) is 65.8 Å². The number of rotatable bonds is 9. The Morgan fingerprint density at radius 3 is 2.24 bits per heavy atom. The third-order valence-corrected chi connectivity index (χ3v) is 6.40. The van der Waals surface area contributed by atoms with E-state index < -0.39 is 0 Å². The molecule has 0 atom stereocenters. The summed E-state index contributed by atoms with van der Waals surface area (Å²) < 4.78 is 5.33. The quantitative estimate of drug-likeness (QED) is 0.515. The normalized spacial score (nSPS) is 14.6. The van der Waals surface area contributed by atoms with Gasteiger partial charge in [-0.3, -0.25) is 14.5 Å². The van der Waals surface area contributed by atoms with Gasteiger partial charge >= 0.3 is 0 Å². The molecule has 4 rings (SSSR count). The first-order valence-electron chi connectivity index (χ1n) is 12.0. The van der Waals surface area contributed by atoms with Crippen molar-refractivity contribution in [3.05, 3.63) is 95.4 Å². The summed E-state index contributed by atoms with van der Waals surface area (Å²) in [6.07, 6.45) is 3.69. The number of aryl methyl sites for hydroxylation is 1. The maximum Gasteiger partial charge on any atom is 0.257 e. The molecule has 3 aromatic rings. The molecular weight excluding hydrogens is 426 g/mol. The molecule has 1 aliphatic rings. The van der Waals surface area contributed by atoms with E-state index in [-0.39, 0.29) is 24.3 Å². The van der Waals surface area contributed by atoms with Crippen molar-refractivity contribution < 1.29 is 14.0 Å². The molecule has 34 heavy (non-hydrogen) atoms. The highest BCUT2D eigenvalue weighted by Gasteiger charge is 2.23. The van der Waals surface area contributed by atoms with Crippen LogP contribution in [0.2, 0.25) is 0 Å². The van der Waals surface area contributed by atoms with Crippen molar-refractivity contribution in [2.45, 2.75) is 45.3 Å². The van der Waals surface area contributed by atoms with Gasteiger partial charge in [0.2, 0.25) is 5.91 Å². The Morgan fingerprint density at radius 2 is 1.62 bits per heavy atom. The van der Waals surface area contributed by atoms with Crippen LogP contribution >= 0.6 is 0 Å². The van der Waals surface area contributed by atoms with Crippen molar-refractivity contribution in [2.24, 2.45) is 0 Å². The van der Waals surface area contributed by atoms with E-state index in [0.717, 1.165) is 38.0 Å². The monoisotopic (exact) mass is 459 g/mol. The molecule has 2 amide bonds. The highest BCUT2D eigenvalue weighted by Crippen LogP contribution is 2.16. The molecule has 2 heterocycles. The van der Waals surface area contributed by atoms with Gasteiger partial charge in [-0.05, 0) is 37.0 Å². The standard InChI is InChI=1S/C28H33N3O3/c1-22-26(15-19-34-22)28(33)31(21-24-10-6-3-7-11-24)18-14-27(32)29-25-12-16-30(17-13-25)20-23-8-4-2-5-9-23/h2-11,15,19,25H,12-14,16-18,20-21H2,1H3,(H,29,32). The van der Waals surface area contributed by atoms with Crippen LogP contribution in [0.4, 0.5) is 0 Å². The number of nitrogens with zero attached hydrogens (tertiary/aromatic N) is 2. The van der Waals surface area contributed by atoms with Crippen LogP contribution in [0.5, 0.6) is 0 Å². The van der Waals surface area contributed by atoms with Gasteiger partial charge in [-0.2, -0.15) is 0 Å². The molecule has 6 nitrogen and oxygen atoms in total. The number of furan rings is 1. The largest absolute Gasteiger partial charge is 0.469 e. The molecular formula is C28H33N3O3. The second kappa shape index (κ2) is 11.7. The predicted octanol–water partition coefficient (Wildman–Crippen LogP) is 4.40. The van der Waals surface area contributed by atoms with Gasteiger partial charge in [-0.1, -0.05) is 60.7 Å². The number of amides is 2. The lowest BCUT2D eigenvalue weighted by molar-refractivity contribution is -0.122. The van der Waals surface area contributed by atoms with Gasteiger partial charge in [-0.25, -0.2) is 0 Å². The number of likely N-dealkylation sites (tertiary alicyclic amines) is 1. The smallest absolute Gasteiger partial charge is 0.257 e. The first kappa shape index (κ1) is 23.8. The van der Waals surface area contributed by atoms with Crippen LogP contribution < -0.4 is 5.32 Å². The van der Waals surface area contributed by atoms with Crippen molar-refractivity contribution in [1.29, 1.82) is 0 Å². The van der Waals surface area contributed by atoms with Gasteiger partial charge in [0.25, 0.3) is 5.91 Å². The Bertz CT molecular complexity index is 1060. The number of hydrogen-bond acceptors (Lipinski definition) is 4. The van der Waals surface area contributed by atoms with E-state index in [1.54, 1.807) is 17.9 Å². The SMILES string of the molecule is Cc1occc1C(=O)N(CCC(=O)NC1CCN(Cc2ccccc2)CC1)Cc1ccccc1. The highest BCUT2D eigenvalue weighted by molar-refractivity contribution is 5.95. The Balaban J connectivity index is 1.28. The summed E-state index contributed by atoms with van der Waals surface area (Å²) >= 11 is 0. The maximum atomic E-state index is 13.1. The summed E-state index contributed by atoms with van der Waals surface area (Å²) in [6.45, 7) is 5.49. The number of carbonyl (C=O) groups excluding carboxylic acids is 2. The summed E-state index contributed by atoms with van der Waals surface area (Å²) in [7, 11) is 0. The number of hydrogen-bond donors (Lipinski definition) is 1. The van der Waals surface area contributed by atoms with Crippen molar-refractivity contribution in [3.63, 3.8) is 0 Å². The molecule has 1 N–H and O–H groups in total. The predicted molar refractivity (Wildman–Crippen MR) is 132 cm³/mol. The molecule has 6 heteroatoms. The van der Waals surface area contributed by atoms with Crippen molar-refractivity contribution in [1.82, 2.24) is 15.1 Å². The Morgan fingerprint density at radius 1 is 0.971 bits per heavy atom. The highest BCUT2D eigenvalue weighted by atomic mass is 16.3. The Labute approximate surface area is 201 Å². The van der Waals surface area contributed by atoms with Gasteiger partial charge in [0.1, 0.15) is 5.76 Å². The summed E-state index contributed by atoms with van der Waals surface area (Å²) in [5, 5.41) is 3.19. The molecule has 0 aliphatic carbocycles. The first-order chi connectivity index (χ1) is 16.6. The minimum absolute atomic E-state index is 0.00344. The fraction of sp³-hybridized carbons (Fsp3) is 0.357. The number of benzene rings is 2. The summed E-state index contributed by atoms with van der Waals surface area (Å²) in [5.41, 5.74) is 2.89. The Kier molecular flexibility index (Phi) is 8.15. The third-order valence-electron chi connectivity index (χ3n) is 6.40. The molecule has 2 aromatic carbocycles. The minimum Gasteiger partial charge on any atom is -0.469 e. The van der Waals surface area contributed by atoms with E-state index in [4.69, 9.17) is 4.42 Å². The molecule has 0 unspecified atom stereocenters. The lowest BCUT2D eigenvalue weighted by Crippen LogP contribution is -2.45. The molecule has 0 spiro atoms. The maximum absolute atomic E-state index is 13.1. The number of nitrogens with one attached hydrogen (secondary N) is 1. The van der Waals surface area contributed by atoms with E-state index >= 15 is 0 Å². The van der Waals surface area contributed by atoms with Gasteiger partial charge in [0, 0.05) is 45.2 Å². The van der Waals surface area contributed by atoms with Crippen LogP contribution in [-0.2, 0) is 17.9 Å². The van der Waals surface area contributed by atoms with Crippen LogP contribution in [0.3, 0.4) is 0 Å². The van der Waals surface area contributed by atoms with Crippen molar-refractivity contribution in [3.8, 4) is 0 Å². The zero-order valence-corrected chi connectivity index (χ0v) is 19.8. The van der Waals surface area contributed by atoms with Crippen LogP contribution in [0.1, 0.15) is 46.5 Å². The van der Waals surface area contributed by atoms with Crippen LogP contribution in [-0.4, -0.2) is 47.3 Å². The van der Waals surface area contributed by atoms with E-state index in [1.165, 1.54) is 11.8 Å². The second-order valence-electron chi connectivity index (χ2n) is 8.96. The molecule has 0 bridgehead atoms. The van der Waals surface area contributed by atoms with Crippen LogP contribution in [0, 0.1) is 6.92 Å². The average molecular weight is 460 g/mol. The zero-order valence-electron chi connectivity index (χ0n) is 19.8. The summed E-state index contributed by atoms with van der Waals surface area (Å²) in [6, 6.07) is 22.2. The van der Waals surface area contributed by atoms with E-state index in [9.17, 15) is 9.59 Å². The van der Waals surface area contributed by atoms with Crippen molar-refractivity contribution >= 4 is 11.8 Å². The lowest BCUT2D eigenvalue weighted by Gasteiger charge is -2.32. The molecule has 1 aliphatic heterocycles. The molecule has 0 radical (unpaired) electrons. The molecule has 1 saturated heterocycles. The first-order valence-corrected chi connectivity index (χ1v) is 12.0. The molecule has 1 aromatic heterocycles. The van der Waals surface area contributed by atoms with Gasteiger partial charge < -0.3 is 14.6 Å². The van der Waals surface area contributed by atoms with Gasteiger partial charge in [-0.15, -0.1) is 0 Å². The zero-order chi connectivity index (χ0) is 23.8. The second-order valence-corrected chi connectivity index (χ2v) is 8.96. The van der Waals surface area contributed by atoms with E-state index in [2.05, 4.69) is 34.5 Å². The molecule has 1 fully saturated rings. The van der Waals surface area contributed by atoms with E-state index in [1.807, 2.05) is 36.4 Å². The molecule has 0 saturated carbocycles. The number of carbonyl (C=O) groups is 2. The Hall–Kier alpha value is -3.38. The lowest BCUT2D eigenvalue weighted by atomic mass is 10.0. The average Bonchev–Trinajstić information content (AvgIpc) is 3.29. The van der Waals surface area contributed by atoms with Gasteiger partial charge in [0.05, 0.1) is 11.8 Å². The fourth-order valence-electron chi connectivity index (χ4n) is 4.45.